The van der Waals surface area contributed by atoms with Gasteiger partial charge in [0.05, 0.1) is 6.04 Å². The van der Waals surface area contributed by atoms with Crippen LogP contribution in [0.15, 0.2) is 18.2 Å². The molecule has 0 bridgehead atoms. The van der Waals surface area contributed by atoms with Crippen LogP contribution >= 0.6 is 11.6 Å². The van der Waals surface area contributed by atoms with Crippen LogP contribution in [0, 0.1) is 6.92 Å². The Morgan fingerprint density at radius 1 is 1.27 bits per heavy atom. The number of hydrogen-bond acceptors (Lipinski definition) is 3. The Bertz CT molecular complexity index is 673. The van der Waals surface area contributed by atoms with Crippen LogP contribution in [-0.2, 0) is 4.79 Å². The molecule has 2 fully saturated rings. The second-order valence-electron chi connectivity index (χ2n) is 7.41. The molecule has 0 unspecified atom stereocenters. The number of likely N-dealkylation sites (N-methyl/N-ethyl adjacent to an activating group) is 1. The molecule has 1 heterocycles. The van der Waals surface area contributed by atoms with Gasteiger partial charge in [-0.3, -0.25) is 14.5 Å². The van der Waals surface area contributed by atoms with Crippen LogP contribution in [0.1, 0.15) is 54.9 Å². The van der Waals surface area contributed by atoms with Crippen molar-refractivity contribution in [3.05, 3.63) is 34.3 Å². The summed E-state index contributed by atoms with van der Waals surface area (Å²) in [5.74, 6) is -0.00842. The van der Waals surface area contributed by atoms with Crippen molar-refractivity contribution in [2.24, 2.45) is 0 Å². The fourth-order valence-electron chi connectivity index (χ4n) is 4.30. The van der Waals surface area contributed by atoms with Gasteiger partial charge in [-0.2, -0.15) is 0 Å². The van der Waals surface area contributed by atoms with E-state index in [1.807, 2.05) is 13.8 Å². The normalized spacial score (nSPS) is 24.0. The fraction of sp³-hybridized carbons (Fsp3) is 0.600. The smallest absolute Gasteiger partial charge is 0.251 e. The summed E-state index contributed by atoms with van der Waals surface area (Å²) < 4.78 is 0. The Labute approximate surface area is 160 Å². The SMILES string of the molecule is CCNC(=O)[C@@H]1C[C@H](NC(=O)c2ccc(Cl)cc2C)CN1C1CCCC1. The predicted molar refractivity (Wildman–Crippen MR) is 103 cm³/mol. The minimum absolute atomic E-state index is 0.00853. The van der Waals surface area contributed by atoms with Gasteiger partial charge in [0.1, 0.15) is 0 Å². The molecule has 2 N–H and O–H groups in total. The predicted octanol–water partition coefficient (Wildman–Crippen LogP) is 2.90. The molecule has 1 aliphatic carbocycles. The number of rotatable bonds is 5. The van der Waals surface area contributed by atoms with Gasteiger partial charge < -0.3 is 10.6 Å². The lowest BCUT2D eigenvalue weighted by atomic mass is 10.1. The molecule has 2 amide bonds. The Morgan fingerprint density at radius 3 is 2.65 bits per heavy atom. The number of nitrogens with one attached hydrogen (secondary N) is 2. The highest BCUT2D eigenvalue weighted by molar-refractivity contribution is 6.30. The van der Waals surface area contributed by atoms with Crippen molar-refractivity contribution in [3.8, 4) is 0 Å². The summed E-state index contributed by atoms with van der Waals surface area (Å²) in [4.78, 5) is 27.5. The van der Waals surface area contributed by atoms with Crippen molar-refractivity contribution in [1.82, 2.24) is 15.5 Å². The minimum atomic E-state index is -0.144. The fourth-order valence-corrected chi connectivity index (χ4v) is 4.53. The topological polar surface area (TPSA) is 61.4 Å². The number of halogens is 1. The molecule has 1 saturated carbocycles. The van der Waals surface area contributed by atoms with Crippen LogP contribution in [-0.4, -0.2) is 47.9 Å². The van der Waals surface area contributed by atoms with Crippen LogP contribution in [0.3, 0.4) is 0 Å². The van der Waals surface area contributed by atoms with Crippen molar-refractivity contribution >= 4 is 23.4 Å². The Kier molecular flexibility index (Phi) is 6.20. The van der Waals surface area contributed by atoms with Crippen molar-refractivity contribution in [3.63, 3.8) is 0 Å². The van der Waals surface area contributed by atoms with Crippen LogP contribution in [0.2, 0.25) is 5.02 Å². The quantitative estimate of drug-likeness (QED) is 0.829. The third-order valence-electron chi connectivity index (χ3n) is 5.55. The molecule has 2 atom stereocenters. The molecule has 2 aliphatic rings. The molecule has 1 aromatic rings. The van der Waals surface area contributed by atoms with E-state index < -0.39 is 0 Å². The van der Waals surface area contributed by atoms with E-state index in [1.165, 1.54) is 12.8 Å². The monoisotopic (exact) mass is 377 g/mol. The standard InChI is InChI=1S/C20H28ClN3O2/c1-3-22-20(26)18-11-15(12-24(18)16-6-4-5-7-16)23-19(25)17-9-8-14(21)10-13(17)2/h8-10,15-16,18H,3-7,11-12H2,1-2H3,(H,22,26)(H,23,25)/t15-,18-/m0/s1. The summed E-state index contributed by atoms with van der Waals surface area (Å²) in [7, 11) is 0. The van der Waals surface area contributed by atoms with E-state index in [0.717, 1.165) is 24.9 Å². The van der Waals surface area contributed by atoms with E-state index in [1.54, 1.807) is 18.2 Å². The number of amides is 2. The molecule has 5 nitrogen and oxygen atoms in total. The summed E-state index contributed by atoms with van der Waals surface area (Å²) in [5, 5.41) is 6.71. The number of carbonyl (C=O) groups is 2. The number of likely N-dealkylation sites (tertiary alicyclic amines) is 1. The maximum absolute atomic E-state index is 12.7. The largest absolute Gasteiger partial charge is 0.355 e. The summed E-state index contributed by atoms with van der Waals surface area (Å²) in [6.07, 6.45) is 5.41. The third-order valence-corrected chi connectivity index (χ3v) is 5.79. The van der Waals surface area contributed by atoms with E-state index in [9.17, 15) is 9.59 Å². The first kappa shape index (κ1) is 19.2. The van der Waals surface area contributed by atoms with Gasteiger partial charge in [-0.25, -0.2) is 0 Å². The Morgan fingerprint density at radius 2 is 2.00 bits per heavy atom. The highest BCUT2D eigenvalue weighted by Crippen LogP contribution is 2.30. The summed E-state index contributed by atoms with van der Waals surface area (Å²) in [6.45, 7) is 5.20. The van der Waals surface area contributed by atoms with E-state index in [-0.39, 0.29) is 23.9 Å². The number of carbonyl (C=O) groups excluding carboxylic acids is 2. The maximum atomic E-state index is 12.7. The zero-order chi connectivity index (χ0) is 18.7. The summed E-state index contributed by atoms with van der Waals surface area (Å²) in [6, 6.07) is 5.61. The molecule has 26 heavy (non-hydrogen) atoms. The zero-order valence-corrected chi connectivity index (χ0v) is 16.3. The summed E-state index contributed by atoms with van der Waals surface area (Å²) >= 11 is 5.98. The first-order valence-corrected chi connectivity index (χ1v) is 9.98. The zero-order valence-electron chi connectivity index (χ0n) is 15.6. The van der Waals surface area contributed by atoms with E-state index in [0.29, 0.717) is 29.6 Å². The molecule has 142 valence electrons. The average molecular weight is 378 g/mol. The van der Waals surface area contributed by atoms with Gasteiger partial charge in [0.2, 0.25) is 5.91 Å². The Balaban J connectivity index is 1.70. The van der Waals surface area contributed by atoms with E-state index in [4.69, 9.17) is 11.6 Å². The van der Waals surface area contributed by atoms with Crippen LogP contribution in [0.25, 0.3) is 0 Å². The lowest BCUT2D eigenvalue weighted by Gasteiger charge is -2.29. The van der Waals surface area contributed by atoms with Crippen LogP contribution < -0.4 is 10.6 Å². The summed E-state index contributed by atoms with van der Waals surface area (Å²) in [5.41, 5.74) is 1.50. The molecule has 6 heteroatoms. The van der Waals surface area contributed by atoms with E-state index in [2.05, 4.69) is 15.5 Å². The second-order valence-corrected chi connectivity index (χ2v) is 7.85. The lowest BCUT2D eigenvalue weighted by molar-refractivity contribution is -0.126. The third kappa shape index (κ3) is 4.21. The van der Waals surface area contributed by atoms with Crippen molar-refractivity contribution in [2.45, 2.75) is 64.1 Å². The van der Waals surface area contributed by atoms with Gasteiger partial charge in [-0.05, 0) is 56.9 Å². The molecule has 3 rings (SSSR count). The maximum Gasteiger partial charge on any atom is 0.251 e. The number of benzene rings is 1. The highest BCUT2D eigenvalue weighted by Gasteiger charge is 2.41. The van der Waals surface area contributed by atoms with Crippen LogP contribution in [0.4, 0.5) is 0 Å². The van der Waals surface area contributed by atoms with Gasteiger partial charge in [-0.15, -0.1) is 0 Å². The van der Waals surface area contributed by atoms with Gasteiger partial charge in [0, 0.05) is 35.8 Å². The van der Waals surface area contributed by atoms with Crippen LogP contribution in [0.5, 0.6) is 0 Å². The van der Waals surface area contributed by atoms with Gasteiger partial charge >= 0.3 is 0 Å². The molecule has 0 aromatic heterocycles. The molecular formula is C20H28ClN3O2. The van der Waals surface area contributed by atoms with Gasteiger partial charge in [0.15, 0.2) is 0 Å². The van der Waals surface area contributed by atoms with Gasteiger partial charge in [0.25, 0.3) is 5.91 Å². The van der Waals surface area contributed by atoms with Gasteiger partial charge in [-0.1, -0.05) is 24.4 Å². The average Bonchev–Trinajstić information content (AvgIpc) is 3.24. The molecule has 1 saturated heterocycles. The lowest BCUT2D eigenvalue weighted by Crippen LogP contribution is -2.47. The Hall–Kier alpha value is -1.59. The molecular weight excluding hydrogens is 350 g/mol. The molecule has 1 aliphatic heterocycles. The highest BCUT2D eigenvalue weighted by atomic mass is 35.5. The van der Waals surface area contributed by atoms with Crippen molar-refractivity contribution in [1.29, 1.82) is 0 Å². The number of nitrogens with zero attached hydrogens (tertiary/aromatic N) is 1. The van der Waals surface area contributed by atoms with Crippen molar-refractivity contribution < 1.29 is 9.59 Å². The van der Waals surface area contributed by atoms with E-state index >= 15 is 0 Å². The minimum Gasteiger partial charge on any atom is -0.355 e. The number of hydrogen-bond donors (Lipinski definition) is 2. The molecule has 0 radical (unpaired) electrons. The molecule has 0 spiro atoms. The first-order valence-electron chi connectivity index (χ1n) is 9.60. The number of aryl methyl sites for hydroxylation is 1. The van der Waals surface area contributed by atoms with Crippen molar-refractivity contribution in [2.75, 3.05) is 13.1 Å². The molecule has 1 aromatic carbocycles. The second kappa shape index (κ2) is 8.40. The first-order chi connectivity index (χ1) is 12.5.